The van der Waals surface area contributed by atoms with E-state index < -0.39 is 11.9 Å². The second kappa shape index (κ2) is 27.9. The van der Waals surface area contributed by atoms with Gasteiger partial charge in [-0.3, -0.25) is 0 Å². The lowest BCUT2D eigenvalue weighted by Crippen LogP contribution is -2.11. The van der Waals surface area contributed by atoms with Gasteiger partial charge < -0.3 is 0 Å². The average molecular weight is 481 g/mol. The number of carbonyl (C=O) groups is 2. The van der Waals surface area contributed by atoms with Crippen molar-refractivity contribution in [1.29, 1.82) is 0 Å². The van der Waals surface area contributed by atoms with Crippen molar-refractivity contribution >= 4 is 11.9 Å². The van der Waals surface area contributed by atoms with E-state index in [4.69, 9.17) is 0 Å². The number of allylic oxidation sites excluding steroid dienone is 2. The van der Waals surface area contributed by atoms with Crippen LogP contribution in [0.5, 0.6) is 0 Å². The molecule has 0 saturated carbocycles. The Morgan fingerprint density at radius 3 is 1.09 bits per heavy atom. The lowest BCUT2D eigenvalue weighted by atomic mass is 10.1. The number of carbonyl (C=O) groups excluding carboxylic acids is 2. The highest BCUT2D eigenvalue weighted by atomic mass is 17.2. The number of unbranched alkanes of at least 4 members (excludes halogenated alkanes) is 19. The first-order valence-corrected chi connectivity index (χ1v) is 14.8. The third-order valence-corrected chi connectivity index (χ3v) is 6.35. The second-order valence-electron chi connectivity index (χ2n) is 9.82. The minimum absolute atomic E-state index is 0.323. The summed E-state index contributed by atoms with van der Waals surface area (Å²) in [4.78, 5) is 32.7. The Morgan fingerprint density at radius 1 is 0.441 bits per heavy atom. The minimum atomic E-state index is -0.432. The summed E-state index contributed by atoms with van der Waals surface area (Å²) in [5, 5.41) is 0. The van der Waals surface area contributed by atoms with E-state index in [1.807, 2.05) is 0 Å². The van der Waals surface area contributed by atoms with Crippen molar-refractivity contribution in [3.8, 4) is 0 Å². The summed E-state index contributed by atoms with van der Waals surface area (Å²) in [6.07, 6.45) is 32.0. The van der Waals surface area contributed by atoms with Gasteiger partial charge in [-0.25, -0.2) is 19.4 Å². The summed E-state index contributed by atoms with van der Waals surface area (Å²) in [6, 6.07) is 0. The van der Waals surface area contributed by atoms with Crippen LogP contribution in [-0.4, -0.2) is 11.9 Å². The fraction of sp³-hybridized carbons (Fsp3) is 0.867. The van der Waals surface area contributed by atoms with E-state index in [1.165, 1.54) is 96.3 Å². The van der Waals surface area contributed by atoms with Crippen LogP contribution in [0.3, 0.4) is 0 Å². The summed E-state index contributed by atoms with van der Waals surface area (Å²) >= 11 is 0. The molecule has 0 rings (SSSR count). The predicted octanol–water partition coefficient (Wildman–Crippen LogP) is 9.95. The van der Waals surface area contributed by atoms with Gasteiger partial charge in [-0.05, 0) is 38.5 Å². The standard InChI is InChI=1S/C30H56O4/c1-3-5-7-9-11-13-14-15-16-17-18-20-22-24-26-28-30(32)34-33-29(31)27-25-23-21-19-12-10-8-6-4-2/h15-16H,3-14,17-28H2,1-2H3. The molecule has 0 amide bonds. The van der Waals surface area contributed by atoms with Crippen molar-refractivity contribution in [3.05, 3.63) is 12.2 Å². The molecule has 0 aromatic carbocycles. The smallest absolute Gasteiger partial charge is 0.247 e. The molecule has 200 valence electrons. The Hall–Kier alpha value is -1.32. The molecule has 0 radical (unpaired) electrons. The Morgan fingerprint density at radius 2 is 0.735 bits per heavy atom. The highest BCUT2D eigenvalue weighted by molar-refractivity contribution is 5.72. The molecule has 0 bridgehead atoms. The van der Waals surface area contributed by atoms with Crippen LogP contribution < -0.4 is 0 Å². The van der Waals surface area contributed by atoms with Crippen molar-refractivity contribution in [2.75, 3.05) is 0 Å². The van der Waals surface area contributed by atoms with Crippen LogP contribution >= 0.6 is 0 Å². The summed E-state index contributed by atoms with van der Waals surface area (Å²) in [6.45, 7) is 4.49. The molecule has 0 N–H and O–H groups in total. The molecule has 0 aromatic heterocycles. The van der Waals surface area contributed by atoms with Crippen molar-refractivity contribution in [1.82, 2.24) is 0 Å². The third kappa shape index (κ3) is 26.9. The Bertz CT molecular complexity index is 472. The molecule has 4 nitrogen and oxygen atoms in total. The van der Waals surface area contributed by atoms with Gasteiger partial charge in [-0.15, -0.1) is 0 Å². The molecule has 0 aliphatic heterocycles. The zero-order valence-electron chi connectivity index (χ0n) is 22.8. The largest absolute Gasteiger partial charge is 0.355 e. The SMILES string of the molecule is CCCCCCCCC=CCCCCCCCC(=O)OOC(=O)CCCCCCCCCCC. The Kier molecular flexibility index (Phi) is 26.8. The average Bonchev–Trinajstić information content (AvgIpc) is 2.84. The molecular formula is C30H56O4. The van der Waals surface area contributed by atoms with Gasteiger partial charge in [-0.2, -0.15) is 0 Å². The second-order valence-corrected chi connectivity index (χ2v) is 9.82. The van der Waals surface area contributed by atoms with Gasteiger partial charge in [0.1, 0.15) is 0 Å². The summed E-state index contributed by atoms with van der Waals surface area (Å²) in [7, 11) is 0. The van der Waals surface area contributed by atoms with Crippen LogP contribution in [0.1, 0.15) is 168 Å². The van der Waals surface area contributed by atoms with E-state index in [-0.39, 0.29) is 0 Å². The van der Waals surface area contributed by atoms with Crippen LogP contribution in [0.2, 0.25) is 0 Å². The van der Waals surface area contributed by atoms with Gasteiger partial charge >= 0.3 is 11.9 Å². The first-order valence-electron chi connectivity index (χ1n) is 14.8. The molecule has 0 atom stereocenters. The molecule has 0 aliphatic rings. The lowest BCUT2D eigenvalue weighted by Gasteiger charge is -2.04. The molecule has 0 unspecified atom stereocenters. The number of hydrogen-bond donors (Lipinski definition) is 0. The first-order chi connectivity index (χ1) is 16.7. The molecule has 0 saturated heterocycles. The molecule has 0 aliphatic carbocycles. The normalized spacial score (nSPS) is 11.2. The highest BCUT2D eigenvalue weighted by Crippen LogP contribution is 2.12. The van der Waals surface area contributed by atoms with Gasteiger partial charge in [-0.1, -0.05) is 129 Å². The van der Waals surface area contributed by atoms with Gasteiger partial charge in [0, 0.05) is 0 Å². The maximum atomic E-state index is 11.7. The lowest BCUT2D eigenvalue weighted by molar-refractivity contribution is -0.259. The first kappa shape index (κ1) is 32.7. The number of rotatable bonds is 25. The van der Waals surface area contributed by atoms with Crippen molar-refractivity contribution < 1.29 is 19.4 Å². The van der Waals surface area contributed by atoms with E-state index in [0.717, 1.165) is 44.9 Å². The van der Waals surface area contributed by atoms with Crippen LogP contribution in [0, 0.1) is 0 Å². The summed E-state index contributed by atoms with van der Waals surface area (Å²) in [5.41, 5.74) is 0. The quantitative estimate of drug-likeness (QED) is 0.0564. The number of hydrogen-bond acceptors (Lipinski definition) is 4. The van der Waals surface area contributed by atoms with Crippen LogP contribution in [0.25, 0.3) is 0 Å². The molecular weight excluding hydrogens is 424 g/mol. The van der Waals surface area contributed by atoms with Gasteiger partial charge in [0.15, 0.2) is 0 Å². The van der Waals surface area contributed by atoms with E-state index in [1.54, 1.807) is 0 Å². The van der Waals surface area contributed by atoms with Crippen molar-refractivity contribution in [3.63, 3.8) is 0 Å². The van der Waals surface area contributed by atoms with E-state index in [2.05, 4.69) is 35.8 Å². The molecule has 4 heteroatoms. The summed E-state index contributed by atoms with van der Waals surface area (Å²) in [5.74, 6) is -0.862. The van der Waals surface area contributed by atoms with Crippen LogP contribution in [0.4, 0.5) is 0 Å². The fourth-order valence-electron chi connectivity index (χ4n) is 4.10. The Balaban J connectivity index is 3.33. The van der Waals surface area contributed by atoms with Gasteiger partial charge in [0.2, 0.25) is 0 Å². The summed E-state index contributed by atoms with van der Waals surface area (Å²) < 4.78 is 0. The van der Waals surface area contributed by atoms with E-state index in [0.29, 0.717) is 12.8 Å². The van der Waals surface area contributed by atoms with E-state index in [9.17, 15) is 9.59 Å². The molecule has 0 aromatic rings. The van der Waals surface area contributed by atoms with Crippen LogP contribution in [0.15, 0.2) is 12.2 Å². The Labute approximate surface area is 211 Å². The topological polar surface area (TPSA) is 52.6 Å². The zero-order chi connectivity index (χ0) is 25.0. The molecule has 0 spiro atoms. The maximum Gasteiger partial charge on any atom is 0.355 e. The van der Waals surface area contributed by atoms with Gasteiger partial charge in [0.05, 0.1) is 12.8 Å². The van der Waals surface area contributed by atoms with Crippen molar-refractivity contribution in [2.45, 2.75) is 168 Å². The molecule has 0 fully saturated rings. The third-order valence-electron chi connectivity index (χ3n) is 6.35. The van der Waals surface area contributed by atoms with Gasteiger partial charge in [0.25, 0.3) is 0 Å². The fourth-order valence-corrected chi connectivity index (χ4v) is 4.10. The van der Waals surface area contributed by atoms with E-state index >= 15 is 0 Å². The molecule has 0 heterocycles. The minimum Gasteiger partial charge on any atom is -0.247 e. The maximum absolute atomic E-state index is 11.7. The predicted molar refractivity (Wildman–Crippen MR) is 143 cm³/mol. The van der Waals surface area contributed by atoms with Crippen molar-refractivity contribution in [2.24, 2.45) is 0 Å². The monoisotopic (exact) mass is 480 g/mol. The van der Waals surface area contributed by atoms with Crippen LogP contribution in [-0.2, 0) is 19.4 Å². The highest BCUT2D eigenvalue weighted by Gasteiger charge is 2.09. The zero-order valence-corrected chi connectivity index (χ0v) is 22.8. The molecule has 34 heavy (non-hydrogen) atoms.